The van der Waals surface area contributed by atoms with Crippen molar-refractivity contribution in [3.8, 4) is 5.75 Å². The highest BCUT2D eigenvalue weighted by molar-refractivity contribution is 6.75. The lowest BCUT2D eigenvalue weighted by molar-refractivity contribution is 0.310. The number of hydrogen-bond donors (Lipinski definition) is 0. The lowest BCUT2D eigenvalue weighted by Gasteiger charge is -2.36. The first-order valence-electron chi connectivity index (χ1n) is 8.66. The first-order valence-corrected chi connectivity index (χ1v) is 14.5. The molecule has 1 rings (SSSR count). The first-order chi connectivity index (χ1) is 10.7. The molecule has 0 spiro atoms. The summed E-state index contributed by atoms with van der Waals surface area (Å²) in [5.41, 5.74) is 1.00. The van der Waals surface area contributed by atoms with Crippen LogP contribution in [0.15, 0.2) is 29.4 Å². The van der Waals surface area contributed by atoms with Crippen LogP contribution >= 0.6 is 0 Å². The van der Waals surface area contributed by atoms with Gasteiger partial charge in [0.2, 0.25) is 8.32 Å². The van der Waals surface area contributed by atoms with Crippen LogP contribution in [0.1, 0.15) is 47.1 Å². The van der Waals surface area contributed by atoms with Gasteiger partial charge >= 0.3 is 0 Å². The van der Waals surface area contributed by atoms with Crippen LogP contribution in [0.3, 0.4) is 0 Å². The molecule has 0 bridgehead atoms. The summed E-state index contributed by atoms with van der Waals surface area (Å²) in [5.74, 6) is 0.915. The third kappa shape index (κ3) is 5.48. The Morgan fingerprint density at radius 3 is 1.92 bits per heavy atom. The highest BCUT2D eigenvalue weighted by Crippen LogP contribution is 2.38. The molecule has 0 N–H and O–H groups in total. The maximum atomic E-state index is 6.35. The molecule has 0 atom stereocenters. The van der Waals surface area contributed by atoms with Crippen LogP contribution < -0.4 is 4.43 Å². The maximum Gasteiger partial charge on any atom is 0.286 e. The second kappa shape index (κ2) is 7.04. The molecule has 0 aliphatic carbocycles. The van der Waals surface area contributed by atoms with E-state index < -0.39 is 16.6 Å². The smallest absolute Gasteiger partial charge is 0.286 e. The number of rotatable bonds is 5. The van der Waals surface area contributed by atoms with Crippen molar-refractivity contribution in [2.45, 2.75) is 77.8 Å². The Bertz CT molecular complexity index is 582. The van der Waals surface area contributed by atoms with Crippen LogP contribution in [0, 0.1) is 0 Å². The zero-order valence-corrected chi connectivity index (χ0v) is 19.2. The van der Waals surface area contributed by atoms with Crippen LogP contribution in [0.2, 0.25) is 36.3 Å². The summed E-state index contributed by atoms with van der Waals surface area (Å²) in [5, 5.41) is 4.59. The molecule has 5 heteroatoms. The fraction of sp³-hybridized carbons (Fsp3) is 0.632. The van der Waals surface area contributed by atoms with Crippen molar-refractivity contribution in [2.24, 2.45) is 5.16 Å². The Balaban J connectivity index is 2.85. The fourth-order valence-corrected chi connectivity index (χ4v) is 3.07. The van der Waals surface area contributed by atoms with Crippen molar-refractivity contribution >= 4 is 22.8 Å². The minimum absolute atomic E-state index is 0.150. The molecule has 0 aliphatic rings. The summed E-state index contributed by atoms with van der Waals surface area (Å²) in [6.07, 6.45) is 1.79. The van der Waals surface area contributed by atoms with Gasteiger partial charge in [-0.1, -0.05) is 53.7 Å². The summed E-state index contributed by atoms with van der Waals surface area (Å²) in [7, 11) is -3.68. The van der Waals surface area contributed by atoms with Crippen LogP contribution in [-0.2, 0) is 4.53 Å². The van der Waals surface area contributed by atoms with Crippen LogP contribution in [0.4, 0.5) is 0 Å². The molecule has 0 amide bonds. The molecule has 0 fully saturated rings. The molecular weight excluding hydrogens is 330 g/mol. The zero-order chi connectivity index (χ0) is 18.8. The van der Waals surface area contributed by atoms with Gasteiger partial charge in [0.15, 0.2) is 0 Å². The Labute approximate surface area is 150 Å². The maximum absolute atomic E-state index is 6.35. The minimum atomic E-state index is -1.86. The molecule has 3 nitrogen and oxygen atoms in total. The molecule has 0 saturated carbocycles. The Morgan fingerprint density at radius 1 is 0.875 bits per heavy atom. The average Bonchev–Trinajstić information content (AvgIpc) is 2.35. The van der Waals surface area contributed by atoms with Crippen molar-refractivity contribution in [2.75, 3.05) is 0 Å². The van der Waals surface area contributed by atoms with E-state index in [-0.39, 0.29) is 10.1 Å². The molecule has 0 radical (unpaired) electrons. The van der Waals surface area contributed by atoms with E-state index in [2.05, 4.69) is 72.9 Å². The van der Waals surface area contributed by atoms with Crippen LogP contribution in [-0.4, -0.2) is 22.8 Å². The van der Waals surface area contributed by atoms with Gasteiger partial charge in [0.05, 0.1) is 6.21 Å². The van der Waals surface area contributed by atoms with Crippen LogP contribution in [0.25, 0.3) is 0 Å². The van der Waals surface area contributed by atoms with E-state index in [4.69, 9.17) is 8.95 Å². The third-order valence-electron chi connectivity index (χ3n) is 5.33. The molecular formula is C19H35NO2Si2. The average molecular weight is 366 g/mol. The number of benzene rings is 1. The van der Waals surface area contributed by atoms with Gasteiger partial charge in [0.25, 0.3) is 8.32 Å². The van der Waals surface area contributed by atoms with Gasteiger partial charge in [0, 0.05) is 0 Å². The van der Waals surface area contributed by atoms with E-state index in [1.807, 2.05) is 24.3 Å². The van der Waals surface area contributed by atoms with E-state index >= 15 is 0 Å². The van der Waals surface area contributed by atoms with Gasteiger partial charge in [0.1, 0.15) is 5.75 Å². The normalized spacial score (nSPS) is 14.1. The molecule has 0 heterocycles. The minimum Gasteiger partial charge on any atom is -0.543 e. The molecule has 24 heavy (non-hydrogen) atoms. The SMILES string of the molecule is CC(C)(C)[Si](C)(C)O/N=C\c1cccc(O[Si](C)(C)C(C)(C)C)c1. The molecule has 0 saturated heterocycles. The second-order valence-electron chi connectivity index (χ2n) is 9.52. The quantitative estimate of drug-likeness (QED) is 0.342. The van der Waals surface area contributed by atoms with E-state index in [9.17, 15) is 0 Å². The summed E-state index contributed by atoms with van der Waals surface area (Å²) >= 11 is 0. The molecule has 0 unspecified atom stereocenters. The van der Waals surface area contributed by atoms with Gasteiger partial charge in [-0.2, -0.15) is 0 Å². The van der Waals surface area contributed by atoms with E-state index in [1.165, 1.54) is 0 Å². The van der Waals surface area contributed by atoms with E-state index in [0.29, 0.717) is 0 Å². The van der Waals surface area contributed by atoms with Gasteiger partial charge in [-0.3, -0.25) is 0 Å². The molecule has 0 aliphatic heterocycles. The number of hydrogen-bond acceptors (Lipinski definition) is 3. The van der Waals surface area contributed by atoms with Gasteiger partial charge in [-0.25, -0.2) is 0 Å². The van der Waals surface area contributed by atoms with E-state index in [1.54, 1.807) is 6.21 Å². The van der Waals surface area contributed by atoms with Crippen molar-refractivity contribution in [1.29, 1.82) is 0 Å². The van der Waals surface area contributed by atoms with Crippen molar-refractivity contribution < 1.29 is 8.95 Å². The topological polar surface area (TPSA) is 30.8 Å². The third-order valence-corrected chi connectivity index (χ3v) is 13.9. The number of nitrogens with zero attached hydrogens (tertiary/aromatic N) is 1. The Morgan fingerprint density at radius 2 is 1.42 bits per heavy atom. The molecule has 136 valence electrons. The Hall–Kier alpha value is -1.08. The van der Waals surface area contributed by atoms with Gasteiger partial charge < -0.3 is 8.95 Å². The fourth-order valence-electron chi connectivity index (χ4n) is 1.46. The standard InChI is InChI=1S/C19H35NO2Si2/c1-18(2,3)23(7,8)21-17-13-11-12-16(14-17)15-20-22-24(9,10)19(4,5)6/h11-15H,1-10H3/b20-15-. The van der Waals surface area contributed by atoms with E-state index in [0.717, 1.165) is 11.3 Å². The van der Waals surface area contributed by atoms with Crippen molar-refractivity contribution in [3.63, 3.8) is 0 Å². The highest BCUT2D eigenvalue weighted by atomic mass is 28.4. The zero-order valence-electron chi connectivity index (χ0n) is 17.2. The van der Waals surface area contributed by atoms with Crippen LogP contribution in [0.5, 0.6) is 5.75 Å². The predicted octanol–water partition coefficient (Wildman–Crippen LogP) is 6.43. The lowest BCUT2D eigenvalue weighted by Crippen LogP contribution is -2.43. The highest BCUT2D eigenvalue weighted by Gasteiger charge is 2.40. The molecule has 0 aromatic heterocycles. The van der Waals surface area contributed by atoms with Crippen molar-refractivity contribution in [3.05, 3.63) is 29.8 Å². The lowest BCUT2D eigenvalue weighted by atomic mass is 10.2. The summed E-state index contributed by atoms with van der Waals surface area (Å²) in [6.45, 7) is 22.3. The van der Waals surface area contributed by atoms with Gasteiger partial charge in [-0.15, -0.1) is 5.16 Å². The van der Waals surface area contributed by atoms with Crippen molar-refractivity contribution in [1.82, 2.24) is 0 Å². The monoisotopic (exact) mass is 365 g/mol. The Kier molecular flexibility index (Phi) is 6.15. The second-order valence-corrected chi connectivity index (χ2v) is 18.9. The first kappa shape index (κ1) is 21.0. The van der Waals surface area contributed by atoms with Gasteiger partial charge in [-0.05, 0) is 54.0 Å². The largest absolute Gasteiger partial charge is 0.543 e. The number of oxime groups is 1. The molecule has 1 aromatic carbocycles. The summed E-state index contributed by atoms with van der Waals surface area (Å²) < 4.78 is 12.2. The predicted molar refractivity (Wildman–Crippen MR) is 110 cm³/mol. The summed E-state index contributed by atoms with van der Waals surface area (Å²) in [6, 6.07) is 8.10. The summed E-state index contributed by atoms with van der Waals surface area (Å²) in [4.78, 5) is 0. The molecule has 1 aromatic rings.